The van der Waals surface area contributed by atoms with Gasteiger partial charge in [-0.15, -0.1) is 0 Å². The van der Waals surface area contributed by atoms with Crippen molar-refractivity contribution in [2.24, 2.45) is 0 Å². The van der Waals surface area contributed by atoms with Gasteiger partial charge in [0.05, 0.1) is 6.54 Å². The summed E-state index contributed by atoms with van der Waals surface area (Å²) >= 11 is 0. The second kappa shape index (κ2) is 6.26. The topological polar surface area (TPSA) is 73.8 Å². The van der Waals surface area contributed by atoms with Crippen molar-refractivity contribution in [1.82, 2.24) is 19.9 Å². The summed E-state index contributed by atoms with van der Waals surface area (Å²) in [5, 5.41) is 7.26. The fourth-order valence-corrected chi connectivity index (χ4v) is 2.09. The Kier molecular flexibility index (Phi) is 4.15. The van der Waals surface area contributed by atoms with Crippen molar-refractivity contribution in [3.8, 4) is 11.4 Å². The van der Waals surface area contributed by atoms with Crippen LogP contribution in [0.2, 0.25) is 0 Å². The molecular weight excluding hydrogens is 325 g/mol. The molecule has 0 bridgehead atoms. The summed E-state index contributed by atoms with van der Waals surface area (Å²) in [6, 6.07) is 8.09. The number of ketones is 1. The van der Waals surface area contributed by atoms with Crippen LogP contribution in [0.1, 0.15) is 11.5 Å². The molecule has 0 aliphatic rings. The number of rotatable bonds is 5. The van der Waals surface area contributed by atoms with Crippen LogP contribution in [0.5, 0.6) is 0 Å². The summed E-state index contributed by atoms with van der Waals surface area (Å²) in [4.78, 5) is 15.2. The van der Waals surface area contributed by atoms with Gasteiger partial charge in [-0.05, 0) is 11.6 Å². The third kappa shape index (κ3) is 3.67. The Hall–Kier alpha value is -2.97. The average Bonchev–Trinajstić information content (AvgIpc) is 3.18. The first-order valence-electron chi connectivity index (χ1n) is 6.91. The lowest BCUT2D eigenvalue weighted by Crippen LogP contribution is -2.12. The van der Waals surface area contributed by atoms with Gasteiger partial charge in [0.15, 0.2) is 5.78 Å². The van der Waals surface area contributed by atoms with Crippen molar-refractivity contribution >= 4 is 5.78 Å². The molecule has 0 unspecified atom stereocenters. The largest absolute Gasteiger partial charge is 0.471 e. The van der Waals surface area contributed by atoms with E-state index in [-0.39, 0.29) is 24.6 Å². The number of aromatic nitrogens is 4. The summed E-state index contributed by atoms with van der Waals surface area (Å²) in [7, 11) is 0. The van der Waals surface area contributed by atoms with Crippen LogP contribution in [0.15, 0.2) is 47.2 Å². The van der Waals surface area contributed by atoms with Gasteiger partial charge in [-0.25, -0.2) is 0 Å². The molecule has 0 radical (unpaired) electrons. The summed E-state index contributed by atoms with van der Waals surface area (Å²) < 4.78 is 43.0. The van der Waals surface area contributed by atoms with Crippen molar-refractivity contribution in [3.05, 3.63) is 54.2 Å². The molecule has 0 N–H and O–H groups in total. The van der Waals surface area contributed by atoms with Crippen LogP contribution >= 0.6 is 0 Å². The summed E-state index contributed by atoms with van der Waals surface area (Å²) in [5.74, 6) is -1.59. The molecule has 24 heavy (non-hydrogen) atoms. The van der Waals surface area contributed by atoms with E-state index in [1.165, 1.54) is 4.68 Å². The standard InChI is InChI=1S/C15H11F3N4O2/c16-15(17,18)14-20-13(21-24-14)11-4-2-10(3-5-11)8-12(23)9-22-7-1-6-19-22/h1-7H,8-9H2. The predicted octanol–water partition coefficient (Wildman–Crippen LogP) is 2.76. The lowest BCUT2D eigenvalue weighted by molar-refractivity contribution is -0.159. The molecule has 0 fully saturated rings. The lowest BCUT2D eigenvalue weighted by Gasteiger charge is -2.03. The van der Waals surface area contributed by atoms with Crippen LogP contribution in [0, 0.1) is 0 Å². The Morgan fingerprint density at radius 2 is 1.96 bits per heavy atom. The van der Waals surface area contributed by atoms with Gasteiger partial charge in [0, 0.05) is 24.4 Å². The molecule has 2 aromatic heterocycles. The van der Waals surface area contributed by atoms with E-state index in [4.69, 9.17) is 0 Å². The second-order valence-electron chi connectivity index (χ2n) is 5.04. The molecule has 6 nitrogen and oxygen atoms in total. The van der Waals surface area contributed by atoms with Crippen LogP contribution in [0.4, 0.5) is 13.2 Å². The molecule has 0 aliphatic carbocycles. The molecule has 0 amide bonds. The second-order valence-corrected chi connectivity index (χ2v) is 5.04. The highest BCUT2D eigenvalue weighted by molar-refractivity contribution is 5.80. The number of carbonyl (C=O) groups excluding carboxylic acids is 1. The SMILES string of the molecule is O=C(Cc1ccc(-c2noc(C(F)(F)F)n2)cc1)Cn1cccn1. The molecule has 124 valence electrons. The zero-order valence-electron chi connectivity index (χ0n) is 12.2. The third-order valence-corrected chi connectivity index (χ3v) is 3.18. The highest BCUT2D eigenvalue weighted by Crippen LogP contribution is 2.29. The first kappa shape index (κ1) is 15.9. The molecule has 0 spiro atoms. The van der Waals surface area contributed by atoms with Gasteiger partial charge >= 0.3 is 12.1 Å². The van der Waals surface area contributed by atoms with E-state index in [1.54, 1.807) is 42.7 Å². The fraction of sp³-hybridized carbons (Fsp3) is 0.200. The maximum atomic E-state index is 12.4. The molecule has 0 saturated heterocycles. The van der Waals surface area contributed by atoms with Crippen molar-refractivity contribution in [2.75, 3.05) is 0 Å². The number of carbonyl (C=O) groups is 1. The van der Waals surface area contributed by atoms with Gasteiger partial charge in [0.1, 0.15) is 0 Å². The van der Waals surface area contributed by atoms with E-state index in [1.807, 2.05) is 0 Å². The Bertz CT molecular complexity index is 823. The number of hydrogen-bond acceptors (Lipinski definition) is 5. The van der Waals surface area contributed by atoms with E-state index in [2.05, 4.69) is 19.8 Å². The number of alkyl halides is 3. The Morgan fingerprint density at radius 1 is 1.21 bits per heavy atom. The van der Waals surface area contributed by atoms with E-state index < -0.39 is 12.1 Å². The van der Waals surface area contributed by atoms with E-state index in [0.29, 0.717) is 5.56 Å². The predicted molar refractivity (Wildman–Crippen MR) is 75.7 cm³/mol. The quantitative estimate of drug-likeness (QED) is 0.716. The van der Waals surface area contributed by atoms with Gasteiger partial charge in [-0.1, -0.05) is 29.4 Å². The smallest absolute Gasteiger partial charge is 0.329 e. The molecule has 0 atom stereocenters. The number of nitrogens with zero attached hydrogens (tertiary/aromatic N) is 4. The first-order chi connectivity index (χ1) is 11.4. The minimum Gasteiger partial charge on any atom is -0.329 e. The van der Waals surface area contributed by atoms with Crippen LogP contribution in [0.25, 0.3) is 11.4 Å². The van der Waals surface area contributed by atoms with Crippen LogP contribution < -0.4 is 0 Å². The normalized spacial score (nSPS) is 11.6. The molecule has 3 rings (SSSR count). The van der Waals surface area contributed by atoms with Gasteiger partial charge < -0.3 is 4.52 Å². The van der Waals surface area contributed by atoms with Crippen molar-refractivity contribution < 1.29 is 22.5 Å². The van der Waals surface area contributed by atoms with Gasteiger partial charge in [-0.3, -0.25) is 9.48 Å². The number of Topliss-reactive ketones (excluding diaryl/α,β-unsaturated/α-hetero) is 1. The number of benzene rings is 1. The van der Waals surface area contributed by atoms with Crippen LogP contribution in [0.3, 0.4) is 0 Å². The third-order valence-electron chi connectivity index (χ3n) is 3.18. The van der Waals surface area contributed by atoms with Crippen molar-refractivity contribution in [2.45, 2.75) is 19.1 Å². The van der Waals surface area contributed by atoms with E-state index in [0.717, 1.165) is 5.56 Å². The number of halogens is 3. The fourth-order valence-electron chi connectivity index (χ4n) is 2.09. The zero-order valence-corrected chi connectivity index (χ0v) is 12.2. The van der Waals surface area contributed by atoms with Crippen LogP contribution in [-0.2, 0) is 23.9 Å². The Balaban J connectivity index is 1.67. The summed E-state index contributed by atoms with van der Waals surface area (Å²) in [6.07, 6.45) is -1.21. The minimum absolute atomic E-state index is 0.0367. The molecule has 9 heteroatoms. The molecule has 2 heterocycles. The van der Waals surface area contributed by atoms with Gasteiger partial charge in [0.25, 0.3) is 0 Å². The molecule has 1 aromatic carbocycles. The lowest BCUT2D eigenvalue weighted by atomic mass is 10.1. The van der Waals surface area contributed by atoms with E-state index in [9.17, 15) is 18.0 Å². The van der Waals surface area contributed by atoms with Gasteiger partial charge in [-0.2, -0.15) is 23.3 Å². The summed E-state index contributed by atoms with van der Waals surface area (Å²) in [5.41, 5.74) is 1.10. The molecule has 3 aromatic rings. The van der Waals surface area contributed by atoms with Crippen molar-refractivity contribution in [1.29, 1.82) is 0 Å². The average molecular weight is 336 g/mol. The van der Waals surface area contributed by atoms with E-state index >= 15 is 0 Å². The molecule has 0 aliphatic heterocycles. The van der Waals surface area contributed by atoms with Crippen molar-refractivity contribution in [3.63, 3.8) is 0 Å². The monoisotopic (exact) mass is 336 g/mol. The highest BCUT2D eigenvalue weighted by Gasteiger charge is 2.38. The molecular formula is C15H11F3N4O2. The summed E-state index contributed by atoms with van der Waals surface area (Å²) in [6.45, 7) is 0.161. The maximum absolute atomic E-state index is 12.4. The van der Waals surface area contributed by atoms with Gasteiger partial charge in [0.2, 0.25) is 5.82 Å². The Labute approximate surface area is 133 Å². The molecule has 0 saturated carbocycles. The first-order valence-corrected chi connectivity index (χ1v) is 6.91. The highest BCUT2D eigenvalue weighted by atomic mass is 19.4. The number of hydrogen-bond donors (Lipinski definition) is 0. The minimum atomic E-state index is -4.68. The Morgan fingerprint density at radius 3 is 2.54 bits per heavy atom. The zero-order chi connectivity index (χ0) is 17.2. The maximum Gasteiger partial charge on any atom is 0.471 e. The van der Waals surface area contributed by atoms with Crippen LogP contribution in [-0.4, -0.2) is 25.7 Å².